The van der Waals surface area contributed by atoms with E-state index in [0.29, 0.717) is 12.3 Å². The maximum Gasteiger partial charge on any atom is 0.226 e. The molecule has 0 aliphatic heterocycles. The molecule has 6 nitrogen and oxygen atoms in total. The first-order chi connectivity index (χ1) is 14.7. The zero-order chi connectivity index (χ0) is 23.0. The molecule has 0 unspecified atom stereocenters. The van der Waals surface area contributed by atoms with Crippen molar-refractivity contribution in [3.63, 3.8) is 0 Å². The van der Waals surface area contributed by atoms with Gasteiger partial charge in [0.1, 0.15) is 5.78 Å². The van der Waals surface area contributed by atoms with Gasteiger partial charge in [-0.1, -0.05) is 58.8 Å². The third kappa shape index (κ3) is 7.67. The lowest BCUT2D eigenvalue weighted by molar-refractivity contribution is -0.137. The van der Waals surface area contributed by atoms with Gasteiger partial charge in [0.2, 0.25) is 5.91 Å². The van der Waals surface area contributed by atoms with Crippen LogP contribution in [0.3, 0.4) is 0 Å². The van der Waals surface area contributed by atoms with Crippen LogP contribution in [0.1, 0.15) is 91.4 Å². The highest BCUT2D eigenvalue weighted by molar-refractivity contribution is 5.93. The molecule has 178 valence electrons. The van der Waals surface area contributed by atoms with Gasteiger partial charge in [0, 0.05) is 18.3 Å². The summed E-state index contributed by atoms with van der Waals surface area (Å²) in [6.45, 7) is 5.41. The molecule has 2 rings (SSSR count). The monoisotopic (exact) mass is 436 g/mol. The van der Waals surface area contributed by atoms with Crippen molar-refractivity contribution in [2.45, 2.75) is 104 Å². The lowest BCUT2D eigenvalue weighted by Gasteiger charge is -2.36. The molecule has 0 aromatic carbocycles. The topological polar surface area (TPSA) is 109 Å². The number of carbonyl (C=O) groups is 3. The second-order valence-corrected chi connectivity index (χ2v) is 10.2. The van der Waals surface area contributed by atoms with Crippen LogP contribution in [0.5, 0.6) is 0 Å². The SMILES string of the molecule is CC(C)C(=O)[C@H](CCN)NC(=O)[C@@H](CC(=O)[C@@H]1CCC[C@@H](C2CCCCC2)C1)[C@H](C)O. The van der Waals surface area contributed by atoms with E-state index in [9.17, 15) is 19.5 Å². The fourth-order valence-electron chi connectivity index (χ4n) is 5.55. The quantitative estimate of drug-likeness (QED) is 0.460. The molecule has 4 N–H and O–H groups in total. The van der Waals surface area contributed by atoms with E-state index < -0.39 is 24.0 Å². The predicted octanol–water partition coefficient (Wildman–Crippen LogP) is 3.39. The first-order valence-corrected chi connectivity index (χ1v) is 12.5. The number of carbonyl (C=O) groups excluding carboxylic acids is 3. The lowest BCUT2D eigenvalue weighted by Crippen LogP contribution is -2.48. The van der Waals surface area contributed by atoms with Crippen LogP contribution in [0, 0.1) is 29.6 Å². The van der Waals surface area contributed by atoms with Crippen molar-refractivity contribution < 1.29 is 19.5 Å². The number of nitrogens with one attached hydrogen (secondary N) is 1. The zero-order valence-corrected chi connectivity index (χ0v) is 19.8. The van der Waals surface area contributed by atoms with Crippen molar-refractivity contribution in [2.24, 2.45) is 35.3 Å². The molecule has 0 heterocycles. The summed E-state index contributed by atoms with van der Waals surface area (Å²) >= 11 is 0. The van der Waals surface area contributed by atoms with Crippen LogP contribution in [0.15, 0.2) is 0 Å². The maximum absolute atomic E-state index is 13.1. The van der Waals surface area contributed by atoms with Gasteiger partial charge in [-0.25, -0.2) is 0 Å². The van der Waals surface area contributed by atoms with Gasteiger partial charge in [-0.3, -0.25) is 14.4 Å². The number of ketones is 2. The molecule has 0 spiro atoms. The van der Waals surface area contributed by atoms with Crippen molar-refractivity contribution in [1.82, 2.24) is 5.32 Å². The highest BCUT2D eigenvalue weighted by atomic mass is 16.3. The molecule has 2 saturated carbocycles. The Morgan fingerprint density at radius 1 is 0.968 bits per heavy atom. The largest absolute Gasteiger partial charge is 0.393 e. The van der Waals surface area contributed by atoms with Crippen LogP contribution in [-0.4, -0.2) is 41.3 Å². The van der Waals surface area contributed by atoms with E-state index in [2.05, 4.69) is 5.32 Å². The summed E-state index contributed by atoms with van der Waals surface area (Å²) in [5.41, 5.74) is 5.62. The van der Waals surface area contributed by atoms with Crippen LogP contribution < -0.4 is 11.1 Å². The van der Waals surface area contributed by atoms with Gasteiger partial charge in [-0.05, 0) is 44.6 Å². The number of Topliss-reactive ketones (excluding diaryl/α,β-unsaturated/α-hetero) is 2. The van der Waals surface area contributed by atoms with Gasteiger partial charge in [-0.2, -0.15) is 0 Å². The van der Waals surface area contributed by atoms with Crippen LogP contribution in [0.25, 0.3) is 0 Å². The summed E-state index contributed by atoms with van der Waals surface area (Å²) in [6, 6.07) is -0.667. The van der Waals surface area contributed by atoms with Gasteiger partial charge in [0.25, 0.3) is 0 Å². The van der Waals surface area contributed by atoms with Crippen LogP contribution in [-0.2, 0) is 14.4 Å². The molecule has 6 heteroatoms. The minimum Gasteiger partial charge on any atom is -0.393 e. The molecule has 2 aliphatic carbocycles. The van der Waals surface area contributed by atoms with E-state index in [1.165, 1.54) is 38.5 Å². The van der Waals surface area contributed by atoms with Crippen LogP contribution >= 0.6 is 0 Å². The first-order valence-electron chi connectivity index (χ1n) is 12.5. The Kier molecular flexibility index (Phi) is 10.6. The Balaban J connectivity index is 1.98. The Morgan fingerprint density at radius 3 is 2.19 bits per heavy atom. The predicted molar refractivity (Wildman–Crippen MR) is 122 cm³/mol. The van der Waals surface area contributed by atoms with Gasteiger partial charge in [-0.15, -0.1) is 0 Å². The molecular weight excluding hydrogens is 392 g/mol. The van der Waals surface area contributed by atoms with Crippen LogP contribution in [0.4, 0.5) is 0 Å². The minimum absolute atomic E-state index is 0.00754. The number of aliphatic hydroxyl groups excluding tert-OH is 1. The smallest absolute Gasteiger partial charge is 0.226 e. The second-order valence-electron chi connectivity index (χ2n) is 10.2. The third-order valence-corrected chi connectivity index (χ3v) is 7.51. The van der Waals surface area contributed by atoms with Crippen molar-refractivity contribution in [2.75, 3.05) is 6.54 Å². The van der Waals surface area contributed by atoms with Crippen molar-refractivity contribution >= 4 is 17.5 Å². The number of aliphatic hydroxyl groups is 1. The average Bonchev–Trinajstić information content (AvgIpc) is 2.76. The van der Waals surface area contributed by atoms with Crippen LogP contribution in [0.2, 0.25) is 0 Å². The summed E-state index contributed by atoms with van der Waals surface area (Å²) in [4.78, 5) is 38.4. The average molecular weight is 437 g/mol. The lowest BCUT2D eigenvalue weighted by atomic mass is 9.69. The fourth-order valence-corrected chi connectivity index (χ4v) is 5.55. The molecule has 2 aliphatic rings. The number of nitrogens with two attached hydrogens (primary N) is 1. The van der Waals surface area contributed by atoms with Gasteiger partial charge in [0.15, 0.2) is 5.78 Å². The number of rotatable bonds is 11. The molecule has 0 aromatic rings. The van der Waals surface area contributed by atoms with Gasteiger partial charge >= 0.3 is 0 Å². The summed E-state index contributed by atoms with van der Waals surface area (Å²) in [5.74, 6) is -0.0876. The second kappa shape index (κ2) is 12.7. The number of hydrogen-bond acceptors (Lipinski definition) is 5. The number of hydrogen-bond donors (Lipinski definition) is 3. The molecule has 0 saturated heterocycles. The molecule has 1 amide bonds. The molecule has 0 aromatic heterocycles. The molecule has 5 atom stereocenters. The maximum atomic E-state index is 13.1. The number of amides is 1. The van der Waals surface area contributed by atoms with Crippen molar-refractivity contribution in [3.8, 4) is 0 Å². The van der Waals surface area contributed by atoms with E-state index in [4.69, 9.17) is 5.73 Å². The molecule has 0 radical (unpaired) electrons. The third-order valence-electron chi connectivity index (χ3n) is 7.51. The highest BCUT2D eigenvalue weighted by Crippen LogP contribution is 2.41. The van der Waals surface area contributed by atoms with E-state index in [0.717, 1.165) is 25.2 Å². The Bertz CT molecular complexity index is 598. The van der Waals surface area contributed by atoms with Gasteiger partial charge < -0.3 is 16.2 Å². The molecular formula is C25H44N2O4. The van der Waals surface area contributed by atoms with E-state index in [-0.39, 0.29) is 36.4 Å². The van der Waals surface area contributed by atoms with Crippen molar-refractivity contribution in [1.29, 1.82) is 0 Å². The normalized spacial score (nSPS) is 25.6. The Labute approximate surface area is 188 Å². The summed E-state index contributed by atoms with van der Waals surface area (Å²) < 4.78 is 0. The summed E-state index contributed by atoms with van der Waals surface area (Å²) in [7, 11) is 0. The standard InChI is InChI=1S/C25H44N2O4/c1-16(2)24(30)22(12-13-26)27-25(31)21(17(3)28)15-23(29)20-11-7-10-19(14-20)18-8-5-4-6-9-18/h16-22,28H,4-15,26H2,1-3H3,(H,27,31)/t17-,19+,20+,21-,22-/m0/s1. The Hall–Kier alpha value is -1.27. The summed E-state index contributed by atoms with van der Waals surface area (Å²) in [5, 5.41) is 13.0. The van der Waals surface area contributed by atoms with E-state index in [1.807, 2.05) is 0 Å². The fraction of sp³-hybridized carbons (Fsp3) is 0.880. The highest BCUT2D eigenvalue weighted by Gasteiger charge is 2.36. The molecule has 2 fully saturated rings. The molecule has 31 heavy (non-hydrogen) atoms. The molecule has 0 bridgehead atoms. The van der Waals surface area contributed by atoms with Gasteiger partial charge in [0.05, 0.1) is 18.1 Å². The van der Waals surface area contributed by atoms with E-state index >= 15 is 0 Å². The Morgan fingerprint density at radius 2 is 1.61 bits per heavy atom. The summed E-state index contributed by atoms with van der Waals surface area (Å²) in [6.07, 6.45) is 10.1. The minimum atomic E-state index is -0.950. The zero-order valence-electron chi connectivity index (χ0n) is 19.8. The first kappa shape index (κ1) is 26.0. The van der Waals surface area contributed by atoms with E-state index in [1.54, 1.807) is 20.8 Å². The van der Waals surface area contributed by atoms with Crippen molar-refractivity contribution in [3.05, 3.63) is 0 Å².